The number of nitrogens with one attached hydrogen (secondary N) is 2. The normalized spacial score (nSPS) is 10.3. The van der Waals surface area contributed by atoms with E-state index in [1.807, 2.05) is 41.2 Å². The quantitative estimate of drug-likeness (QED) is 0.737. The average molecular weight is 354 g/mol. The minimum Gasteiger partial charge on any atom is -0.343 e. The molecule has 6 heteroatoms. The zero-order chi connectivity index (χ0) is 17.6. The van der Waals surface area contributed by atoms with Gasteiger partial charge < -0.3 is 15.2 Å². The lowest BCUT2D eigenvalue weighted by Gasteiger charge is -2.08. The summed E-state index contributed by atoms with van der Waals surface area (Å²) in [5, 5.41) is 5.88. The van der Waals surface area contributed by atoms with E-state index < -0.39 is 0 Å². The molecular formula is C19H16ClN3O2. The Kier molecular flexibility index (Phi) is 5.16. The summed E-state index contributed by atoms with van der Waals surface area (Å²) >= 11 is 5.79. The Balaban J connectivity index is 1.53. The number of aromatic nitrogens is 1. The first-order chi connectivity index (χ1) is 12.1. The maximum absolute atomic E-state index is 12.1. The highest BCUT2D eigenvalue weighted by Gasteiger charge is 2.08. The first-order valence-electron chi connectivity index (χ1n) is 7.69. The van der Waals surface area contributed by atoms with E-state index in [1.165, 1.54) is 0 Å². The first kappa shape index (κ1) is 16.8. The minimum atomic E-state index is -0.306. The molecule has 0 unspecified atom stereocenters. The molecule has 0 spiro atoms. The number of carbonyl (C=O) groups excluding carboxylic acids is 2. The van der Waals surface area contributed by atoms with Crippen molar-refractivity contribution in [3.05, 3.63) is 83.6 Å². The lowest BCUT2D eigenvalue weighted by molar-refractivity contribution is -0.115. The van der Waals surface area contributed by atoms with Gasteiger partial charge in [-0.25, -0.2) is 0 Å². The zero-order valence-corrected chi connectivity index (χ0v) is 14.0. The Hall–Kier alpha value is -3.05. The highest BCUT2D eigenvalue weighted by molar-refractivity contribution is 6.30. The number of nitrogens with zero attached hydrogens (tertiary/aromatic N) is 1. The first-order valence-corrected chi connectivity index (χ1v) is 8.07. The monoisotopic (exact) mass is 353 g/mol. The average Bonchev–Trinajstić information content (AvgIpc) is 3.16. The fourth-order valence-electron chi connectivity index (χ4n) is 2.29. The van der Waals surface area contributed by atoms with Crippen molar-refractivity contribution in [3.63, 3.8) is 0 Å². The number of benzene rings is 2. The third kappa shape index (κ3) is 4.49. The third-order valence-electron chi connectivity index (χ3n) is 3.57. The van der Waals surface area contributed by atoms with Gasteiger partial charge in [-0.3, -0.25) is 9.59 Å². The van der Waals surface area contributed by atoms with E-state index >= 15 is 0 Å². The van der Waals surface area contributed by atoms with E-state index in [1.54, 1.807) is 36.4 Å². The fraction of sp³-hybridized carbons (Fsp3) is 0.0526. The van der Waals surface area contributed by atoms with Crippen LogP contribution < -0.4 is 10.6 Å². The van der Waals surface area contributed by atoms with Crippen LogP contribution in [0.3, 0.4) is 0 Å². The smallest absolute Gasteiger partial charge is 0.251 e. The van der Waals surface area contributed by atoms with Crippen LogP contribution in [0.25, 0.3) is 5.69 Å². The Morgan fingerprint density at radius 1 is 0.920 bits per heavy atom. The van der Waals surface area contributed by atoms with E-state index in [4.69, 9.17) is 11.6 Å². The largest absolute Gasteiger partial charge is 0.343 e. The zero-order valence-electron chi connectivity index (χ0n) is 13.3. The number of anilines is 1. The Morgan fingerprint density at radius 3 is 2.20 bits per heavy atom. The second-order valence-electron chi connectivity index (χ2n) is 5.37. The van der Waals surface area contributed by atoms with Gasteiger partial charge in [0.1, 0.15) is 0 Å². The molecule has 1 aromatic heterocycles. The standard InChI is InChI=1S/C19H16ClN3O2/c20-15-5-7-16(8-6-15)22-18(24)13-21-19(25)14-3-9-17(10-4-14)23-11-1-2-12-23/h1-12H,13H2,(H,21,25)(H,22,24). The van der Waals surface area contributed by atoms with Gasteiger partial charge in [-0.1, -0.05) is 11.6 Å². The highest BCUT2D eigenvalue weighted by Crippen LogP contribution is 2.13. The number of hydrogen-bond acceptors (Lipinski definition) is 2. The van der Waals surface area contributed by atoms with Gasteiger partial charge in [0.25, 0.3) is 5.91 Å². The van der Waals surface area contributed by atoms with Gasteiger partial charge in [0.2, 0.25) is 5.91 Å². The van der Waals surface area contributed by atoms with Crippen LogP contribution in [-0.4, -0.2) is 22.9 Å². The SMILES string of the molecule is O=C(CNC(=O)c1ccc(-n2cccc2)cc1)Nc1ccc(Cl)cc1. The molecule has 3 aromatic rings. The Labute approximate surface area is 150 Å². The number of carbonyl (C=O) groups is 2. The second kappa shape index (κ2) is 7.68. The number of halogens is 1. The molecule has 0 aliphatic carbocycles. The minimum absolute atomic E-state index is 0.110. The van der Waals surface area contributed by atoms with Crippen LogP contribution in [-0.2, 0) is 4.79 Å². The van der Waals surface area contributed by atoms with Gasteiger partial charge in [-0.15, -0.1) is 0 Å². The molecule has 25 heavy (non-hydrogen) atoms. The van der Waals surface area contributed by atoms with Crippen molar-refractivity contribution >= 4 is 29.1 Å². The summed E-state index contributed by atoms with van der Waals surface area (Å²) in [7, 11) is 0. The van der Waals surface area contributed by atoms with Crippen LogP contribution in [0, 0.1) is 0 Å². The lowest BCUT2D eigenvalue weighted by atomic mass is 10.2. The maximum atomic E-state index is 12.1. The van der Waals surface area contributed by atoms with E-state index in [0.29, 0.717) is 16.3 Å². The summed E-state index contributed by atoms with van der Waals surface area (Å²) in [6.45, 7) is -0.110. The van der Waals surface area contributed by atoms with E-state index in [-0.39, 0.29) is 18.4 Å². The molecule has 0 aliphatic rings. The second-order valence-corrected chi connectivity index (χ2v) is 5.81. The van der Waals surface area contributed by atoms with Gasteiger partial charge in [0, 0.05) is 34.4 Å². The molecule has 2 N–H and O–H groups in total. The molecule has 0 aliphatic heterocycles. The molecule has 5 nitrogen and oxygen atoms in total. The number of amides is 2. The summed E-state index contributed by atoms with van der Waals surface area (Å²) in [4.78, 5) is 24.0. The molecule has 2 amide bonds. The number of hydrogen-bond donors (Lipinski definition) is 2. The summed E-state index contributed by atoms with van der Waals surface area (Å²) in [5.74, 6) is -0.607. The van der Waals surface area contributed by atoms with E-state index in [2.05, 4.69) is 10.6 Å². The molecule has 126 valence electrons. The van der Waals surface area contributed by atoms with E-state index in [0.717, 1.165) is 5.69 Å². The van der Waals surface area contributed by atoms with Gasteiger partial charge >= 0.3 is 0 Å². The van der Waals surface area contributed by atoms with Crippen molar-refractivity contribution in [2.45, 2.75) is 0 Å². The van der Waals surface area contributed by atoms with Crippen molar-refractivity contribution in [3.8, 4) is 5.69 Å². The Bertz CT molecular complexity index is 857. The molecule has 0 radical (unpaired) electrons. The van der Waals surface area contributed by atoms with Crippen molar-refractivity contribution in [1.82, 2.24) is 9.88 Å². The van der Waals surface area contributed by atoms with Crippen LogP contribution in [0.2, 0.25) is 5.02 Å². The predicted octanol–water partition coefficient (Wildman–Crippen LogP) is 3.50. The molecule has 2 aromatic carbocycles. The molecule has 0 atom stereocenters. The highest BCUT2D eigenvalue weighted by atomic mass is 35.5. The molecule has 0 saturated heterocycles. The Morgan fingerprint density at radius 2 is 1.56 bits per heavy atom. The summed E-state index contributed by atoms with van der Waals surface area (Å²) in [6, 6.07) is 17.8. The van der Waals surface area contributed by atoms with Crippen molar-refractivity contribution in [2.24, 2.45) is 0 Å². The van der Waals surface area contributed by atoms with E-state index in [9.17, 15) is 9.59 Å². The van der Waals surface area contributed by atoms with Gasteiger partial charge in [0.15, 0.2) is 0 Å². The van der Waals surface area contributed by atoms with Crippen LogP contribution in [0.5, 0.6) is 0 Å². The van der Waals surface area contributed by atoms with Crippen molar-refractivity contribution in [2.75, 3.05) is 11.9 Å². The molecule has 0 fully saturated rings. The summed E-state index contributed by atoms with van der Waals surface area (Å²) in [6.07, 6.45) is 3.85. The van der Waals surface area contributed by atoms with Crippen LogP contribution >= 0.6 is 11.6 Å². The van der Waals surface area contributed by atoms with Gasteiger partial charge in [-0.05, 0) is 60.7 Å². The lowest BCUT2D eigenvalue weighted by Crippen LogP contribution is -2.32. The van der Waals surface area contributed by atoms with Crippen LogP contribution in [0.1, 0.15) is 10.4 Å². The molecule has 0 saturated carbocycles. The molecule has 0 bridgehead atoms. The van der Waals surface area contributed by atoms with Crippen LogP contribution in [0.4, 0.5) is 5.69 Å². The number of rotatable bonds is 5. The van der Waals surface area contributed by atoms with Gasteiger partial charge in [0.05, 0.1) is 6.54 Å². The summed E-state index contributed by atoms with van der Waals surface area (Å²) < 4.78 is 1.95. The van der Waals surface area contributed by atoms with Crippen molar-refractivity contribution < 1.29 is 9.59 Å². The topological polar surface area (TPSA) is 63.1 Å². The third-order valence-corrected chi connectivity index (χ3v) is 3.82. The fourth-order valence-corrected chi connectivity index (χ4v) is 2.42. The molecular weight excluding hydrogens is 338 g/mol. The predicted molar refractivity (Wildman–Crippen MR) is 98.2 cm³/mol. The molecule has 1 heterocycles. The van der Waals surface area contributed by atoms with Crippen LogP contribution in [0.15, 0.2) is 73.1 Å². The summed E-state index contributed by atoms with van der Waals surface area (Å²) in [5.41, 5.74) is 2.08. The molecule has 3 rings (SSSR count). The maximum Gasteiger partial charge on any atom is 0.251 e. The van der Waals surface area contributed by atoms with Gasteiger partial charge in [-0.2, -0.15) is 0 Å². The van der Waals surface area contributed by atoms with Crippen molar-refractivity contribution in [1.29, 1.82) is 0 Å².